The molecule has 2 aromatic rings. The van der Waals surface area contributed by atoms with Crippen molar-refractivity contribution in [2.75, 3.05) is 7.05 Å². The molecule has 0 fully saturated rings. The van der Waals surface area contributed by atoms with Gasteiger partial charge in [-0.1, -0.05) is 18.2 Å². The van der Waals surface area contributed by atoms with Crippen molar-refractivity contribution in [2.24, 2.45) is 0 Å². The average Bonchev–Trinajstić information content (AvgIpc) is 2.77. The second kappa shape index (κ2) is 6.39. The molecule has 0 aliphatic rings. The number of benzene rings is 1. The number of hydrogen-bond acceptors (Lipinski definition) is 4. The molecule has 2 rings (SSSR count). The zero-order valence-electron chi connectivity index (χ0n) is 11.9. The van der Waals surface area contributed by atoms with E-state index in [2.05, 4.69) is 15.9 Å². The van der Waals surface area contributed by atoms with E-state index >= 15 is 0 Å². The lowest BCUT2D eigenvalue weighted by Gasteiger charge is -2.11. The van der Waals surface area contributed by atoms with Crippen molar-refractivity contribution in [3.8, 4) is 0 Å². The van der Waals surface area contributed by atoms with Gasteiger partial charge in [0.25, 0.3) is 0 Å². The van der Waals surface area contributed by atoms with Crippen LogP contribution in [0.2, 0.25) is 0 Å². The number of amides is 1. The summed E-state index contributed by atoms with van der Waals surface area (Å²) >= 11 is 4.42. The molecular weight excluding hydrogens is 390 g/mol. The monoisotopic (exact) mass is 403 g/mol. The smallest absolute Gasteiger partial charge is 0.407 e. The lowest BCUT2D eigenvalue weighted by Crippen LogP contribution is -2.23. The molecule has 5 nitrogen and oxygen atoms in total. The SMILES string of the molecule is Cc1c(CN(C)C(=O)O)sc(S(=O)(=O)c2ccccc2)c1Br. The van der Waals surface area contributed by atoms with Crippen molar-refractivity contribution in [1.29, 1.82) is 0 Å². The fourth-order valence-corrected chi connectivity index (χ4v) is 6.20. The Kier molecular flexibility index (Phi) is 4.93. The van der Waals surface area contributed by atoms with Gasteiger partial charge in [-0.15, -0.1) is 11.3 Å². The molecule has 0 saturated carbocycles. The Hall–Kier alpha value is -1.38. The maximum Gasteiger partial charge on any atom is 0.407 e. The van der Waals surface area contributed by atoms with Crippen molar-refractivity contribution in [3.63, 3.8) is 0 Å². The molecule has 8 heteroatoms. The highest BCUT2D eigenvalue weighted by atomic mass is 79.9. The van der Waals surface area contributed by atoms with E-state index in [-0.39, 0.29) is 15.6 Å². The fourth-order valence-electron chi connectivity index (χ4n) is 1.82. The summed E-state index contributed by atoms with van der Waals surface area (Å²) in [7, 11) is -2.18. The Morgan fingerprint density at radius 3 is 2.45 bits per heavy atom. The van der Waals surface area contributed by atoms with Gasteiger partial charge in [0.05, 0.1) is 15.9 Å². The molecule has 22 heavy (non-hydrogen) atoms. The van der Waals surface area contributed by atoms with Gasteiger partial charge in [-0.3, -0.25) is 0 Å². The molecule has 1 heterocycles. The van der Waals surface area contributed by atoms with Gasteiger partial charge in [0.1, 0.15) is 4.21 Å². The zero-order chi connectivity index (χ0) is 16.5. The third kappa shape index (κ3) is 3.18. The maximum atomic E-state index is 12.7. The Bertz CT molecular complexity index is 800. The van der Waals surface area contributed by atoms with Gasteiger partial charge in [-0.05, 0) is 40.5 Å². The van der Waals surface area contributed by atoms with E-state index < -0.39 is 15.9 Å². The van der Waals surface area contributed by atoms with Crippen LogP contribution in [0.5, 0.6) is 0 Å². The average molecular weight is 404 g/mol. The van der Waals surface area contributed by atoms with E-state index in [0.717, 1.165) is 21.8 Å². The van der Waals surface area contributed by atoms with Gasteiger partial charge in [0.2, 0.25) is 9.84 Å². The maximum absolute atomic E-state index is 12.7. The minimum Gasteiger partial charge on any atom is -0.465 e. The highest BCUT2D eigenvalue weighted by molar-refractivity contribution is 9.10. The quantitative estimate of drug-likeness (QED) is 0.842. The predicted octanol–water partition coefficient (Wildman–Crippen LogP) is 3.76. The minimum atomic E-state index is -3.62. The minimum absolute atomic E-state index is 0.148. The molecular formula is C14H14BrNO4S2. The van der Waals surface area contributed by atoms with Crippen LogP contribution in [0.15, 0.2) is 43.9 Å². The standard InChI is InChI=1S/C14H14BrNO4S2/c1-9-11(8-16(2)14(17)18)21-13(12(9)15)22(19,20)10-6-4-3-5-7-10/h3-7H,8H2,1-2H3,(H,17,18). The summed E-state index contributed by atoms with van der Waals surface area (Å²) in [6.45, 7) is 1.92. The number of carboxylic acid groups (broad SMARTS) is 1. The van der Waals surface area contributed by atoms with Crippen LogP contribution in [0.25, 0.3) is 0 Å². The van der Waals surface area contributed by atoms with E-state index in [0.29, 0.717) is 9.35 Å². The van der Waals surface area contributed by atoms with E-state index in [1.54, 1.807) is 37.3 Å². The topological polar surface area (TPSA) is 74.7 Å². The van der Waals surface area contributed by atoms with Crippen LogP contribution < -0.4 is 0 Å². The Labute approximate surface area is 141 Å². The summed E-state index contributed by atoms with van der Waals surface area (Å²) in [5.41, 5.74) is 0.743. The van der Waals surface area contributed by atoms with Crippen LogP contribution in [0.1, 0.15) is 10.4 Å². The van der Waals surface area contributed by atoms with Gasteiger partial charge in [-0.2, -0.15) is 0 Å². The van der Waals surface area contributed by atoms with Crippen LogP contribution in [0, 0.1) is 6.92 Å². The first-order valence-electron chi connectivity index (χ1n) is 6.27. The molecule has 0 radical (unpaired) electrons. The molecule has 118 valence electrons. The predicted molar refractivity (Wildman–Crippen MR) is 88.1 cm³/mol. The first-order valence-corrected chi connectivity index (χ1v) is 9.36. The Balaban J connectivity index is 2.48. The van der Waals surface area contributed by atoms with Crippen molar-refractivity contribution >= 4 is 43.2 Å². The largest absolute Gasteiger partial charge is 0.465 e. The molecule has 0 spiro atoms. The van der Waals surface area contributed by atoms with Crippen molar-refractivity contribution in [1.82, 2.24) is 4.90 Å². The molecule has 0 bridgehead atoms. The lowest BCUT2D eigenvalue weighted by molar-refractivity contribution is 0.154. The molecule has 1 aromatic carbocycles. The molecule has 1 N–H and O–H groups in total. The summed E-state index contributed by atoms with van der Waals surface area (Å²) in [5.74, 6) is 0. The fraction of sp³-hybridized carbons (Fsp3) is 0.214. The zero-order valence-corrected chi connectivity index (χ0v) is 15.1. The molecule has 0 saturated heterocycles. The van der Waals surface area contributed by atoms with Gasteiger partial charge in [-0.25, -0.2) is 13.2 Å². The highest BCUT2D eigenvalue weighted by Crippen LogP contribution is 2.39. The van der Waals surface area contributed by atoms with Gasteiger partial charge in [0, 0.05) is 11.9 Å². The van der Waals surface area contributed by atoms with Crippen molar-refractivity contribution < 1.29 is 18.3 Å². The molecule has 0 aliphatic heterocycles. The van der Waals surface area contributed by atoms with Crippen LogP contribution >= 0.6 is 27.3 Å². The molecule has 0 atom stereocenters. The normalized spacial score (nSPS) is 11.4. The highest BCUT2D eigenvalue weighted by Gasteiger charge is 2.26. The van der Waals surface area contributed by atoms with Gasteiger partial charge in [0.15, 0.2) is 0 Å². The lowest BCUT2D eigenvalue weighted by atomic mass is 10.3. The van der Waals surface area contributed by atoms with E-state index in [1.807, 2.05) is 0 Å². The number of sulfone groups is 1. The Morgan fingerprint density at radius 2 is 1.91 bits per heavy atom. The number of nitrogens with zero attached hydrogens (tertiary/aromatic N) is 1. The third-order valence-electron chi connectivity index (χ3n) is 3.15. The number of thiophene rings is 1. The number of halogens is 1. The molecule has 0 unspecified atom stereocenters. The third-order valence-corrected chi connectivity index (χ3v) is 8.23. The summed E-state index contributed by atoms with van der Waals surface area (Å²) < 4.78 is 26.1. The molecule has 1 amide bonds. The van der Waals surface area contributed by atoms with Crippen molar-refractivity contribution in [2.45, 2.75) is 22.6 Å². The summed E-state index contributed by atoms with van der Waals surface area (Å²) in [6, 6.07) is 8.17. The first-order chi connectivity index (χ1) is 10.2. The van der Waals surface area contributed by atoms with E-state index in [4.69, 9.17) is 5.11 Å². The van der Waals surface area contributed by atoms with Crippen LogP contribution in [-0.2, 0) is 16.4 Å². The van der Waals surface area contributed by atoms with E-state index in [9.17, 15) is 13.2 Å². The van der Waals surface area contributed by atoms with Crippen LogP contribution in [-0.4, -0.2) is 31.6 Å². The van der Waals surface area contributed by atoms with Gasteiger partial charge < -0.3 is 10.0 Å². The first kappa shape index (κ1) is 17.0. The van der Waals surface area contributed by atoms with Gasteiger partial charge >= 0.3 is 6.09 Å². The second-order valence-electron chi connectivity index (χ2n) is 4.71. The summed E-state index contributed by atoms with van der Waals surface area (Å²) in [5, 5.41) is 8.95. The van der Waals surface area contributed by atoms with Crippen LogP contribution in [0.3, 0.4) is 0 Å². The second-order valence-corrected chi connectivity index (χ2v) is 8.75. The number of hydrogen-bond donors (Lipinski definition) is 1. The summed E-state index contributed by atoms with van der Waals surface area (Å²) in [4.78, 5) is 13.0. The molecule has 1 aromatic heterocycles. The Morgan fingerprint density at radius 1 is 1.32 bits per heavy atom. The molecule has 0 aliphatic carbocycles. The summed E-state index contributed by atoms with van der Waals surface area (Å²) in [6.07, 6.45) is -1.06. The van der Waals surface area contributed by atoms with Crippen molar-refractivity contribution in [3.05, 3.63) is 45.2 Å². The number of rotatable bonds is 4. The number of carbonyl (C=O) groups is 1. The van der Waals surface area contributed by atoms with Crippen LogP contribution in [0.4, 0.5) is 4.79 Å². The van der Waals surface area contributed by atoms with E-state index in [1.165, 1.54) is 7.05 Å².